The Balaban J connectivity index is 1.82. The zero-order valence-electron chi connectivity index (χ0n) is 16.2. The molecule has 0 aliphatic heterocycles. The minimum Gasteiger partial charge on any atom is -0.336 e. The molecule has 0 saturated heterocycles. The van der Waals surface area contributed by atoms with Crippen LogP contribution in [0.1, 0.15) is 58.4 Å². The van der Waals surface area contributed by atoms with Crippen molar-refractivity contribution in [1.82, 2.24) is 5.32 Å². The summed E-state index contributed by atoms with van der Waals surface area (Å²) in [5.41, 5.74) is -1.48. The van der Waals surface area contributed by atoms with Gasteiger partial charge in [-0.15, -0.1) is 6.42 Å². The molecule has 0 heterocycles. The molecule has 1 aliphatic rings. The number of amides is 2. The molecule has 0 spiro atoms. The molecule has 0 radical (unpaired) electrons. The van der Waals surface area contributed by atoms with E-state index in [1.54, 1.807) is 12.1 Å². The number of carbonyl (C=O) groups excluding carboxylic acids is 2. The van der Waals surface area contributed by atoms with Gasteiger partial charge in [0, 0.05) is 5.69 Å². The van der Waals surface area contributed by atoms with Crippen molar-refractivity contribution in [2.75, 3.05) is 5.32 Å². The Labute approximate surface area is 172 Å². The number of hydrogen-bond acceptors (Lipinski definition) is 2. The van der Waals surface area contributed by atoms with Gasteiger partial charge in [0.05, 0.1) is 16.7 Å². The second-order valence-electron chi connectivity index (χ2n) is 7.32. The predicted molar refractivity (Wildman–Crippen MR) is 108 cm³/mol. The summed E-state index contributed by atoms with van der Waals surface area (Å²) in [6.45, 7) is 0. The Bertz CT molecular complexity index is 986. The number of terminal acetylenes is 1. The maximum atomic E-state index is 12.9. The molecule has 7 heteroatoms. The largest absolute Gasteiger partial charge is 0.416 e. The van der Waals surface area contributed by atoms with Crippen LogP contribution in [0.5, 0.6) is 0 Å². The van der Waals surface area contributed by atoms with Gasteiger partial charge in [0.15, 0.2) is 0 Å². The van der Waals surface area contributed by atoms with E-state index in [9.17, 15) is 22.8 Å². The van der Waals surface area contributed by atoms with E-state index < -0.39 is 29.1 Å². The highest BCUT2D eigenvalue weighted by molar-refractivity contribution is 6.12. The first-order chi connectivity index (χ1) is 14.2. The number of hydrogen-bond donors (Lipinski definition) is 2. The van der Waals surface area contributed by atoms with Crippen LogP contribution in [-0.4, -0.2) is 17.4 Å². The van der Waals surface area contributed by atoms with Gasteiger partial charge in [0.25, 0.3) is 11.8 Å². The lowest BCUT2D eigenvalue weighted by Gasteiger charge is -2.33. The van der Waals surface area contributed by atoms with Gasteiger partial charge in [-0.3, -0.25) is 9.59 Å². The molecule has 3 rings (SSSR count). The molecule has 156 valence electrons. The number of carbonyl (C=O) groups is 2. The second kappa shape index (κ2) is 8.62. The third kappa shape index (κ3) is 4.82. The third-order valence-electron chi connectivity index (χ3n) is 5.20. The van der Waals surface area contributed by atoms with Gasteiger partial charge in [0.2, 0.25) is 0 Å². The van der Waals surface area contributed by atoms with E-state index in [4.69, 9.17) is 6.42 Å². The summed E-state index contributed by atoms with van der Waals surface area (Å²) in [5.74, 6) is 1.52. The van der Waals surface area contributed by atoms with E-state index >= 15 is 0 Å². The lowest BCUT2D eigenvalue weighted by molar-refractivity contribution is -0.137. The fraction of sp³-hybridized carbons (Fsp3) is 0.304. The van der Waals surface area contributed by atoms with Gasteiger partial charge in [-0.1, -0.05) is 43.4 Å². The van der Waals surface area contributed by atoms with Crippen LogP contribution in [0.2, 0.25) is 0 Å². The van der Waals surface area contributed by atoms with Crippen molar-refractivity contribution in [2.24, 2.45) is 0 Å². The van der Waals surface area contributed by atoms with Gasteiger partial charge in [-0.05, 0) is 43.2 Å². The molecular formula is C23H21F3N2O2. The molecule has 4 nitrogen and oxygen atoms in total. The van der Waals surface area contributed by atoms with Crippen LogP contribution in [0.15, 0.2) is 48.5 Å². The highest BCUT2D eigenvalue weighted by Gasteiger charge is 2.33. The normalized spacial score (nSPS) is 15.7. The zero-order valence-corrected chi connectivity index (χ0v) is 16.2. The van der Waals surface area contributed by atoms with Crippen molar-refractivity contribution in [3.63, 3.8) is 0 Å². The molecule has 2 aromatic rings. The van der Waals surface area contributed by atoms with Crippen LogP contribution < -0.4 is 10.6 Å². The minimum absolute atomic E-state index is 0.0163. The van der Waals surface area contributed by atoms with Crippen LogP contribution >= 0.6 is 0 Å². The lowest BCUT2D eigenvalue weighted by Crippen LogP contribution is -2.49. The Morgan fingerprint density at radius 3 is 2.17 bits per heavy atom. The maximum absolute atomic E-state index is 12.9. The fourth-order valence-electron chi connectivity index (χ4n) is 3.60. The summed E-state index contributed by atoms with van der Waals surface area (Å²) in [7, 11) is 0. The van der Waals surface area contributed by atoms with E-state index in [0.717, 1.165) is 31.4 Å². The molecule has 1 aliphatic carbocycles. The molecule has 2 N–H and O–H groups in total. The van der Waals surface area contributed by atoms with Gasteiger partial charge in [-0.2, -0.15) is 13.2 Å². The van der Waals surface area contributed by atoms with Gasteiger partial charge in [0.1, 0.15) is 5.54 Å². The summed E-state index contributed by atoms with van der Waals surface area (Å²) in [6.07, 6.45) is 5.33. The molecule has 0 bridgehead atoms. The van der Waals surface area contributed by atoms with Gasteiger partial charge < -0.3 is 10.6 Å². The van der Waals surface area contributed by atoms with E-state index in [1.165, 1.54) is 24.3 Å². The molecule has 0 unspecified atom stereocenters. The molecule has 0 atom stereocenters. The number of rotatable bonds is 4. The van der Waals surface area contributed by atoms with Crippen molar-refractivity contribution in [1.29, 1.82) is 0 Å². The first-order valence-electron chi connectivity index (χ1n) is 9.62. The molecule has 2 aromatic carbocycles. The Morgan fingerprint density at radius 1 is 0.933 bits per heavy atom. The van der Waals surface area contributed by atoms with Crippen LogP contribution in [0.25, 0.3) is 0 Å². The number of alkyl halides is 3. The average molecular weight is 414 g/mol. The van der Waals surface area contributed by atoms with E-state index in [1.807, 2.05) is 0 Å². The van der Waals surface area contributed by atoms with Crippen molar-refractivity contribution >= 4 is 17.5 Å². The van der Waals surface area contributed by atoms with E-state index in [2.05, 4.69) is 16.6 Å². The van der Waals surface area contributed by atoms with E-state index in [0.29, 0.717) is 12.8 Å². The third-order valence-corrected chi connectivity index (χ3v) is 5.20. The highest BCUT2D eigenvalue weighted by atomic mass is 19.4. The summed E-state index contributed by atoms with van der Waals surface area (Å²) in [6, 6.07) is 10.4. The molecule has 2 amide bonds. The van der Waals surface area contributed by atoms with Crippen LogP contribution in [0.4, 0.5) is 18.9 Å². The Kier molecular flexibility index (Phi) is 6.16. The first kappa shape index (κ1) is 21.4. The monoisotopic (exact) mass is 414 g/mol. The minimum atomic E-state index is -4.53. The van der Waals surface area contributed by atoms with Crippen LogP contribution in [-0.2, 0) is 6.18 Å². The number of benzene rings is 2. The summed E-state index contributed by atoms with van der Waals surface area (Å²) in [4.78, 5) is 25.6. The Morgan fingerprint density at radius 2 is 1.57 bits per heavy atom. The number of nitrogens with one attached hydrogen (secondary N) is 2. The molecule has 1 saturated carbocycles. The number of anilines is 1. The maximum Gasteiger partial charge on any atom is 0.416 e. The molecule has 1 fully saturated rings. The van der Waals surface area contributed by atoms with Crippen molar-refractivity contribution < 1.29 is 22.8 Å². The quantitative estimate of drug-likeness (QED) is 0.690. The lowest BCUT2D eigenvalue weighted by atomic mass is 9.82. The van der Waals surface area contributed by atoms with Crippen molar-refractivity contribution in [3.05, 3.63) is 65.2 Å². The van der Waals surface area contributed by atoms with Crippen LogP contribution in [0, 0.1) is 12.3 Å². The second-order valence-corrected chi connectivity index (χ2v) is 7.32. The summed E-state index contributed by atoms with van der Waals surface area (Å²) < 4.78 is 38.7. The molecule has 0 aromatic heterocycles. The van der Waals surface area contributed by atoms with Gasteiger partial charge >= 0.3 is 6.18 Å². The smallest absolute Gasteiger partial charge is 0.336 e. The SMILES string of the molecule is C#CC1(NC(=O)c2ccccc2C(=O)Nc2cccc(C(F)(F)F)c2)CCCCC1. The topological polar surface area (TPSA) is 58.2 Å². The van der Waals surface area contributed by atoms with Gasteiger partial charge in [-0.25, -0.2) is 0 Å². The van der Waals surface area contributed by atoms with E-state index in [-0.39, 0.29) is 16.8 Å². The standard InChI is InChI=1S/C23H21F3N2O2/c1-2-22(13-6-3-7-14-22)28-21(30)19-12-5-4-11-18(19)20(29)27-17-10-8-9-16(15-17)23(24,25)26/h1,4-5,8-12,15H,3,6-7,13-14H2,(H,27,29)(H,28,30). The van der Waals surface area contributed by atoms with Crippen LogP contribution in [0.3, 0.4) is 0 Å². The number of halogens is 3. The zero-order chi connectivity index (χ0) is 21.8. The van der Waals surface area contributed by atoms with Crippen molar-refractivity contribution in [3.8, 4) is 12.3 Å². The Hall–Kier alpha value is -3.27. The molecule has 30 heavy (non-hydrogen) atoms. The van der Waals surface area contributed by atoms with Crippen molar-refractivity contribution in [2.45, 2.75) is 43.8 Å². The highest BCUT2D eigenvalue weighted by Crippen LogP contribution is 2.31. The first-order valence-corrected chi connectivity index (χ1v) is 9.62. The summed E-state index contributed by atoms with van der Waals surface area (Å²) in [5, 5.41) is 5.32. The average Bonchev–Trinajstić information content (AvgIpc) is 2.74. The fourth-order valence-corrected chi connectivity index (χ4v) is 3.60. The molecular weight excluding hydrogens is 393 g/mol. The predicted octanol–water partition coefficient (Wildman–Crippen LogP) is 5.02. The summed E-state index contributed by atoms with van der Waals surface area (Å²) >= 11 is 0.